The average molecular weight is 408 g/mol. The second-order valence-electron chi connectivity index (χ2n) is 7.10. The number of nitrogens with one attached hydrogen (secondary N) is 2. The van der Waals surface area contributed by atoms with Gasteiger partial charge in [0.15, 0.2) is 0 Å². The fraction of sp³-hybridized carbons (Fsp3) is 0.524. The number of carbonyl (C=O) groups is 2. The molecule has 0 radical (unpaired) electrons. The molecule has 3 rings (SSSR count). The molecule has 0 aromatic heterocycles. The average Bonchev–Trinajstić information content (AvgIpc) is 2.73. The van der Waals surface area contributed by atoms with E-state index in [4.69, 9.17) is 4.74 Å². The lowest BCUT2D eigenvalue weighted by atomic mass is 9.95. The van der Waals surface area contributed by atoms with Gasteiger partial charge < -0.3 is 20.3 Å². The lowest BCUT2D eigenvalue weighted by Crippen LogP contribution is -2.43. The molecule has 0 saturated carbocycles. The topological polar surface area (TPSA) is 70.7 Å². The minimum atomic E-state index is 0. The van der Waals surface area contributed by atoms with Crippen molar-refractivity contribution in [2.24, 2.45) is 5.92 Å². The van der Waals surface area contributed by atoms with E-state index in [1.165, 1.54) is 5.57 Å². The van der Waals surface area contributed by atoms with Crippen molar-refractivity contribution in [1.82, 2.24) is 15.5 Å². The molecular formula is C21H30ClN3O3. The van der Waals surface area contributed by atoms with Gasteiger partial charge in [0, 0.05) is 32.1 Å². The molecule has 1 saturated heterocycles. The summed E-state index contributed by atoms with van der Waals surface area (Å²) in [7, 11) is 0. The van der Waals surface area contributed by atoms with Crippen LogP contribution in [0.25, 0.3) is 0 Å². The minimum absolute atomic E-state index is 0. The standard InChI is InChI=1S/C21H29N3O3.ClH/c25-20(10-15-27-19-4-2-1-3-5-19)24-13-8-18(9-14-24)21(26)23-16-17-6-11-22-12-7-17;/h1-6,18,22H,7-16H2,(H,23,26);1H. The molecule has 0 bridgehead atoms. The molecule has 2 amide bonds. The Morgan fingerprint density at radius 2 is 1.93 bits per heavy atom. The summed E-state index contributed by atoms with van der Waals surface area (Å²) in [6.07, 6.45) is 4.99. The van der Waals surface area contributed by atoms with Gasteiger partial charge in [-0.3, -0.25) is 9.59 Å². The zero-order valence-electron chi connectivity index (χ0n) is 16.2. The molecule has 7 heteroatoms. The summed E-state index contributed by atoms with van der Waals surface area (Å²) in [5.41, 5.74) is 1.30. The Kier molecular flexibility index (Phi) is 9.31. The van der Waals surface area contributed by atoms with Crippen molar-refractivity contribution >= 4 is 24.2 Å². The summed E-state index contributed by atoms with van der Waals surface area (Å²) < 4.78 is 5.60. The fourth-order valence-electron chi connectivity index (χ4n) is 3.50. The molecule has 28 heavy (non-hydrogen) atoms. The molecule has 6 nitrogen and oxygen atoms in total. The van der Waals surface area contributed by atoms with Crippen LogP contribution in [0.3, 0.4) is 0 Å². The third kappa shape index (κ3) is 6.84. The first kappa shape index (κ1) is 22.2. The molecule has 1 fully saturated rings. The van der Waals surface area contributed by atoms with E-state index >= 15 is 0 Å². The maximum absolute atomic E-state index is 12.4. The van der Waals surface area contributed by atoms with E-state index in [0.29, 0.717) is 32.7 Å². The van der Waals surface area contributed by atoms with Gasteiger partial charge in [0.2, 0.25) is 11.8 Å². The highest BCUT2D eigenvalue weighted by molar-refractivity contribution is 5.85. The van der Waals surface area contributed by atoms with Gasteiger partial charge in [-0.25, -0.2) is 0 Å². The molecular weight excluding hydrogens is 378 g/mol. The van der Waals surface area contributed by atoms with E-state index in [9.17, 15) is 9.59 Å². The predicted molar refractivity (Wildman–Crippen MR) is 112 cm³/mol. The number of benzene rings is 1. The Hall–Kier alpha value is -2.05. The van der Waals surface area contributed by atoms with Crippen LogP contribution in [0.2, 0.25) is 0 Å². The molecule has 1 aromatic rings. The molecule has 0 spiro atoms. The van der Waals surface area contributed by atoms with E-state index in [0.717, 1.165) is 38.1 Å². The SMILES string of the molecule is Cl.O=C(NCC1=CCNCC1)C1CCN(C(=O)CCOc2ccccc2)CC1. The van der Waals surface area contributed by atoms with Gasteiger partial charge in [-0.1, -0.05) is 29.8 Å². The first-order valence-corrected chi connectivity index (χ1v) is 9.84. The normalized spacial score (nSPS) is 17.3. The highest BCUT2D eigenvalue weighted by Gasteiger charge is 2.27. The molecule has 2 aliphatic rings. The first-order chi connectivity index (χ1) is 13.2. The van der Waals surface area contributed by atoms with Gasteiger partial charge in [0.1, 0.15) is 5.75 Å². The molecule has 0 unspecified atom stereocenters. The summed E-state index contributed by atoms with van der Waals surface area (Å²) in [5, 5.41) is 6.33. The molecule has 1 aromatic carbocycles. The number of hydrogen-bond acceptors (Lipinski definition) is 4. The Bertz CT molecular complexity index is 658. The number of piperidine rings is 1. The van der Waals surface area contributed by atoms with Crippen LogP contribution in [0.15, 0.2) is 42.0 Å². The molecule has 2 N–H and O–H groups in total. The van der Waals surface area contributed by atoms with Gasteiger partial charge in [-0.2, -0.15) is 0 Å². The lowest BCUT2D eigenvalue weighted by Gasteiger charge is -2.31. The number of likely N-dealkylation sites (tertiary alicyclic amines) is 1. The summed E-state index contributed by atoms with van der Waals surface area (Å²) in [6, 6.07) is 9.52. The quantitative estimate of drug-likeness (QED) is 0.679. The van der Waals surface area contributed by atoms with Gasteiger partial charge in [0.05, 0.1) is 13.0 Å². The fourth-order valence-corrected chi connectivity index (χ4v) is 3.50. The number of halogens is 1. The zero-order valence-corrected chi connectivity index (χ0v) is 17.0. The summed E-state index contributed by atoms with van der Waals surface area (Å²) in [5.74, 6) is 1.01. The van der Waals surface area contributed by atoms with Crippen LogP contribution in [-0.2, 0) is 9.59 Å². The van der Waals surface area contributed by atoms with Crippen molar-refractivity contribution < 1.29 is 14.3 Å². The van der Waals surface area contributed by atoms with E-state index in [1.807, 2.05) is 35.2 Å². The molecule has 0 aliphatic carbocycles. The number of nitrogens with zero attached hydrogens (tertiary/aromatic N) is 1. The lowest BCUT2D eigenvalue weighted by molar-refractivity contribution is -0.136. The number of hydrogen-bond donors (Lipinski definition) is 2. The minimum Gasteiger partial charge on any atom is -0.493 e. The van der Waals surface area contributed by atoms with Crippen LogP contribution in [0.5, 0.6) is 5.75 Å². The first-order valence-electron chi connectivity index (χ1n) is 9.84. The Morgan fingerprint density at radius 1 is 1.18 bits per heavy atom. The number of carbonyl (C=O) groups excluding carboxylic acids is 2. The third-order valence-electron chi connectivity index (χ3n) is 5.19. The van der Waals surface area contributed by atoms with Crippen molar-refractivity contribution in [2.45, 2.75) is 25.7 Å². The van der Waals surface area contributed by atoms with E-state index in [1.54, 1.807) is 0 Å². The van der Waals surface area contributed by atoms with Crippen LogP contribution in [0, 0.1) is 5.92 Å². The van der Waals surface area contributed by atoms with Crippen molar-refractivity contribution in [1.29, 1.82) is 0 Å². The number of amides is 2. The number of para-hydroxylation sites is 1. The number of rotatable bonds is 7. The smallest absolute Gasteiger partial charge is 0.225 e. The van der Waals surface area contributed by atoms with Gasteiger partial charge in [-0.15, -0.1) is 12.4 Å². The van der Waals surface area contributed by atoms with Crippen LogP contribution in [-0.4, -0.2) is 56.0 Å². The summed E-state index contributed by atoms with van der Waals surface area (Å²) >= 11 is 0. The molecule has 2 aliphatic heterocycles. The van der Waals surface area contributed by atoms with E-state index < -0.39 is 0 Å². The molecule has 0 atom stereocenters. The van der Waals surface area contributed by atoms with E-state index in [2.05, 4.69) is 16.7 Å². The predicted octanol–water partition coefficient (Wildman–Crippen LogP) is 2.15. The van der Waals surface area contributed by atoms with Gasteiger partial charge >= 0.3 is 0 Å². The second-order valence-corrected chi connectivity index (χ2v) is 7.10. The van der Waals surface area contributed by atoms with Crippen molar-refractivity contribution in [3.05, 3.63) is 42.0 Å². The zero-order chi connectivity index (χ0) is 18.9. The van der Waals surface area contributed by atoms with Crippen molar-refractivity contribution in [2.75, 3.05) is 39.3 Å². The molecule has 2 heterocycles. The Morgan fingerprint density at radius 3 is 2.61 bits per heavy atom. The summed E-state index contributed by atoms with van der Waals surface area (Å²) in [6.45, 7) is 4.20. The Labute approximate surface area is 173 Å². The summed E-state index contributed by atoms with van der Waals surface area (Å²) in [4.78, 5) is 26.6. The number of ether oxygens (including phenoxy) is 1. The Balaban J connectivity index is 0.00000280. The van der Waals surface area contributed by atoms with Crippen LogP contribution >= 0.6 is 12.4 Å². The van der Waals surface area contributed by atoms with Crippen LogP contribution in [0.1, 0.15) is 25.7 Å². The van der Waals surface area contributed by atoms with E-state index in [-0.39, 0.29) is 30.1 Å². The maximum atomic E-state index is 12.4. The highest BCUT2D eigenvalue weighted by atomic mass is 35.5. The third-order valence-corrected chi connectivity index (χ3v) is 5.19. The van der Waals surface area contributed by atoms with Crippen LogP contribution in [0.4, 0.5) is 0 Å². The van der Waals surface area contributed by atoms with Gasteiger partial charge in [-0.05, 0) is 37.9 Å². The second kappa shape index (κ2) is 11.7. The van der Waals surface area contributed by atoms with Crippen molar-refractivity contribution in [3.8, 4) is 5.75 Å². The highest BCUT2D eigenvalue weighted by Crippen LogP contribution is 2.18. The monoisotopic (exact) mass is 407 g/mol. The van der Waals surface area contributed by atoms with Gasteiger partial charge in [0.25, 0.3) is 0 Å². The molecule has 154 valence electrons. The van der Waals surface area contributed by atoms with Crippen molar-refractivity contribution in [3.63, 3.8) is 0 Å². The van der Waals surface area contributed by atoms with Crippen LogP contribution < -0.4 is 15.4 Å². The maximum Gasteiger partial charge on any atom is 0.225 e. The largest absolute Gasteiger partial charge is 0.493 e.